The van der Waals surface area contributed by atoms with Crippen LogP contribution in [0.15, 0.2) is 24.3 Å². The number of carboxylic acids is 1. The van der Waals surface area contributed by atoms with Gasteiger partial charge in [0.2, 0.25) is 5.91 Å². The predicted octanol–water partition coefficient (Wildman–Crippen LogP) is 2.47. The topological polar surface area (TPSA) is 90.9 Å². The van der Waals surface area contributed by atoms with Crippen molar-refractivity contribution in [2.75, 3.05) is 19.5 Å². The van der Waals surface area contributed by atoms with E-state index in [1.807, 2.05) is 24.3 Å². The molecule has 1 aliphatic rings. The van der Waals surface area contributed by atoms with E-state index in [1.165, 1.54) is 4.90 Å². The van der Waals surface area contributed by atoms with Crippen LogP contribution in [0.1, 0.15) is 33.1 Å². The Morgan fingerprint density at radius 1 is 1.30 bits per heavy atom. The van der Waals surface area contributed by atoms with E-state index in [9.17, 15) is 14.7 Å². The van der Waals surface area contributed by atoms with Gasteiger partial charge in [0, 0.05) is 24.7 Å². The van der Waals surface area contributed by atoms with Crippen molar-refractivity contribution >= 4 is 34.9 Å². The zero-order valence-electron chi connectivity index (χ0n) is 16.1. The number of carboxylic acid groups (broad SMARTS) is 1. The SMILES string of the molecule is COc1ccc(NC(=S)NC2(CC(=O)N(C)C(C(=O)O)C(C)C)CC2)cc1. The molecule has 1 amide bonds. The number of amides is 1. The lowest BCUT2D eigenvalue weighted by atomic mass is 10.0. The molecule has 148 valence electrons. The number of benzene rings is 1. The number of nitrogens with one attached hydrogen (secondary N) is 2. The van der Waals surface area contributed by atoms with Gasteiger partial charge in [-0.15, -0.1) is 0 Å². The first-order valence-electron chi connectivity index (χ1n) is 8.89. The quantitative estimate of drug-likeness (QED) is 0.585. The number of rotatable bonds is 8. The molecule has 0 bridgehead atoms. The highest BCUT2D eigenvalue weighted by molar-refractivity contribution is 7.80. The van der Waals surface area contributed by atoms with Gasteiger partial charge in [-0.1, -0.05) is 13.8 Å². The van der Waals surface area contributed by atoms with Crippen LogP contribution in [0.3, 0.4) is 0 Å². The first-order valence-corrected chi connectivity index (χ1v) is 9.30. The van der Waals surface area contributed by atoms with Crippen LogP contribution < -0.4 is 15.4 Å². The molecule has 1 unspecified atom stereocenters. The third-order valence-electron chi connectivity index (χ3n) is 4.76. The van der Waals surface area contributed by atoms with Gasteiger partial charge in [-0.05, 0) is 55.2 Å². The van der Waals surface area contributed by atoms with Gasteiger partial charge in [-0.25, -0.2) is 4.79 Å². The highest BCUT2D eigenvalue weighted by Crippen LogP contribution is 2.39. The van der Waals surface area contributed by atoms with E-state index in [4.69, 9.17) is 17.0 Å². The molecule has 1 atom stereocenters. The van der Waals surface area contributed by atoms with Gasteiger partial charge in [0.1, 0.15) is 11.8 Å². The van der Waals surface area contributed by atoms with Crippen molar-refractivity contribution in [2.45, 2.75) is 44.7 Å². The van der Waals surface area contributed by atoms with Crippen LogP contribution in [-0.2, 0) is 9.59 Å². The first-order chi connectivity index (χ1) is 12.7. The predicted molar refractivity (Wildman–Crippen MR) is 108 cm³/mol. The van der Waals surface area contributed by atoms with Gasteiger partial charge < -0.3 is 25.4 Å². The summed E-state index contributed by atoms with van der Waals surface area (Å²) in [7, 11) is 3.15. The molecule has 1 saturated carbocycles. The normalized spacial score (nSPS) is 15.6. The lowest BCUT2D eigenvalue weighted by Gasteiger charge is -2.29. The van der Waals surface area contributed by atoms with Crippen LogP contribution >= 0.6 is 12.2 Å². The molecular weight excluding hydrogens is 366 g/mol. The number of methoxy groups -OCH3 is 1. The molecule has 1 aromatic carbocycles. The molecule has 0 aliphatic heterocycles. The number of aliphatic carboxylic acids is 1. The maximum absolute atomic E-state index is 12.6. The Morgan fingerprint density at radius 2 is 1.89 bits per heavy atom. The number of likely N-dealkylation sites (N-methyl/N-ethyl adjacent to an activating group) is 1. The summed E-state index contributed by atoms with van der Waals surface area (Å²) >= 11 is 5.37. The Kier molecular flexibility index (Phi) is 6.64. The van der Waals surface area contributed by atoms with Crippen LogP contribution in [-0.4, -0.2) is 52.7 Å². The minimum absolute atomic E-state index is 0.169. The summed E-state index contributed by atoms with van der Waals surface area (Å²) in [4.78, 5) is 25.4. The summed E-state index contributed by atoms with van der Waals surface area (Å²) in [5.41, 5.74) is 0.417. The van der Waals surface area contributed by atoms with Gasteiger partial charge in [0.15, 0.2) is 5.11 Å². The maximum Gasteiger partial charge on any atom is 0.326 e. The Bertz CT molecular complexity index is 701. The zero-order chi connectivity index (χ0) is 20.2. The minimum atomic E-state index is -0.990. The fourth-order valence-electron chi connectivity index (χ4n) is 3.04. The Morgan fingerprint density at radius 3 is 2.33 bits per heavy atom. The number of anilines is 1. The van der Waals surface area contributed by atoms with E-state index in [2.05, 4.69) is 10.6 Å². The lowest BCUT2D eigenvalue weighted by molar-refractivity contribution is -0.151. The average molecular weight is 394 g/mol. The number of thiocarbonyl (C=S) groups is 1. The van der Waals surface area contributed by atoms with Gasteiger partial charge in [0.05, 0.1) is 7.11 Å². The third kappa shape index (κ3) is 5.56. The smallest absolute Gasteiger partial charge is 0.326 e. The van der Waals surface area contributed by atoms with Crippen molar-refractivity contribution < 1.29 is 19.4 Å². The second-order valence-electron chi connectivity index (χ2n) is 7.30. The summed E-state index contributed by atoms with van der Waals surface area (Å²) in [6.07, 6.45) is 1.84. The van der Waals surface area contributed by atoms with Crippen LogP contribution in [0, 0.1) is 5.92 Å². The van der Waals surface area contributed by atoms with E-state index in [0.29, 0.717) is 5.11 Å². The summed E-state index contributed by atoms with van der Waals surface area (Å²) in [6, 6.07) is 6.53. The van der Waals surface area contributed by atoms with Gasteiger partial charge >= 0.3 is 5.97 Å². The van der Waals surface area contributed by atoms with Crippen molar-refractivity contribution in [3.05, 3.63) is 24.3 Å². The molecular formula is C19H27N3O4S. The van der Waals surface area contributed by atoms with E-state index in [-0.39, 0.29) is 18.2 Å². The average Bonchev–Trinajstić information content (AvgIpc) is 3.33. The molecule has 0 saturated heterocycles. The Labute approximate surface area is 165 Å². The number of hydrogen-bond acceptors (Lipinski definition) is 4. The lowest BCUT2D eigenvalue weighted by Crippen LogP contribution is -2.49. The number of carbonyl (C=O) groups is 2. The molecule has 0 spiro atoms. The zero-order valence-corrected chi connectivity index (χ0v) is 16.9. The highest BCUT2D eigenvalue weighted by Gasteiger charge is 2.46. The van der Waals surface area contributed by atoms with Gasteiger partial charge in [-0.2, -0.15) is 0 Å². The molecule has 0 aromatic heterocycles. The standard InChI is InChI=1S/C19H27N3O4S/c1-12(2)16(17(24)25)22(3)15(23)11-19(9-10-19)21-18(27)20-13-5-7-14(26-4)8-6-13/h5-8,12,16H,9-11H2,1-4H3,(H,24,25)(H2,20,21,27). The molecule has 27 heavy (non-hydrogen) atoms. The number of carbonyl (C=O) groups excluding carboxylic acids is 1. The number of hydrogen-bond donors (Lipinski definition) is 3. The van der Waals surface area contributed by atoms with Crippen molar-refractivity contribution in [3.8, 4) is 5.75 Å². The van der Waals surface area contributed by atoms with E-state index in [1.54, 1.807) is 28.0 Å². The van der Waals surface area contributed by atoms with Crippen molar-refractivity contribution in [1.82, 2.24) is 10.2 Å². The van der Waals surface area contributed by atoms with E-state index >= 15 is 0 Å². The van der Waals surface area contributed by atoms with Crippen LogP contribution in [0.2, 0.25) is 0 Å². The molecule has 2 rings (SSSR count). The first kappa shape index (κ1) is 21.0. The monoisotopic (exact) mass is 393 g/mol. The Hall–Kier alpha value is -2.35. The Balaban J connectivity index is 1.93. The molecule has 3 N–H and O–H groups in total. The minimum Gasteiger partial charge on any atom is -0.497 e. The summed E-state index contributed by atoms with van der Waals surface area (Å²) in [5.74, 6) is -0.606. The molecule has 0 heterocycles. The maximum atomic E-state index is 12.6. The van der Waals surface area contributed by atoms with E-state index in [0.717, 1.165) is 24.3 Å². The van der Waals surface area contributed by atoms with E-state index < -0.39 is 17.6 Å². The summed E-state index contributed by atoms with van der Waals surface area (Å²) < 4.78 is 5.12. The molecule has 1 aliphatic carbocycles. The molecule has 1 fully saturated rings. The van der Waals surface area contributed by atoms with Gasteiger partial charge in [-0.3, -0.25) is 4.79 Å². The largest absolute Gasteiger partial charge is 0.497 e. The number of nitrogens with zero attached hydrogens (tertiary/aromatic N) is 1. The molecule has 8 heteroatoms. The van der Waals surface area contributed by atoms with Crippen molar-refractivity contribution in [2.24, 2.45) is 5.92 Å². The van der Waals surface area contributed by atoms with Crippen LogP contribution in [0.5, 0.6) is 5.75 Å². The van der Waals surface area contributed by atoms with Crippen molar-refractivity contribution in [1.29, 1.82) is 0 Å². The second-order valence-corrected chi connectivity index (χ2v) is 7.70. The second kappa shape index (κ2) is 8.56. The van der Waals surface area contributed by atoms with Crippen molar-refractivity contribution in [3.63, 3.8) is 0 Å². The summed E-state index contributed by atoms with van der Waals surface area (Å²) in [6.45, 7) is 3.59. The summed E-state index contributed by atoms with van der Waals surface area (Å²) in [5, 5.41) is 16.1. The fourth-order valence-corrected chi connectivity index (χ4v) is 3.38. The third-order valence-corrected chi connectivity index (χ3v) is 4.97. The van der Waals surface area contributed by atoms with Crippen LogP contribution in [0.4, 0.5) is 5.69 Å². The molecule has 1 aromatic rings. The molecule has 0 radical (unpaired) electrons. The van der Waals surface area contributed by atoms with Crippen LogP contribution in [0.25, 0.3) is 0 Å². The van der Waals surface area contributed by atoms with Gasteiger partial charge in [0.25, 0.3) is 0 Å². The fraction of sp³-hybridized carbons (Fsp3) is 0.526. The number of ether oxygens (including phenoxy) is 1. The molecule has 7 nitrogen and oxygen atoms in total. The highest BCUT2D eigenvalue weighted by atomic mass is 32.1.